The van der Waals surface area contributed by atoms with Crippen LogP contribution in [0.25, 0.3) is 0 Å². The third kappa shape index (κ3) is 4.77. The fraction of sp³-hybridized carbons (Fsp3) is 0.769. The van der Waals surface area contributed by atoms with Gasteiger partial charge in [0.15, 0.2) is 0 Å². The van der Waals surface area contributed by atoms with Gasteiger partial charge < -0.3 is 19.3 Å². The van der Waals surface area contributed by atoms with Crippen LogP contribution in [0.5, 0.6) is 0 Å². The minimum atomic E-state index is -0.859. The van der Waals surface area contributed by atoms with Gasteiger partial charge in [-0.15, -0.1) is 11.6 Å². The molecule has 1 saturated heterocycles. The number of alkyl halides is 1. The lowest BCUT2D eigenvalue weighted by Gasteiger charge is -2.39. The normalized spacial score (nSPS) is 19.2. The molecule has 1 atom stereocenters. The maximum atomic E-state index is 12.0. The summed E-state index contributed by atoms with van der Waals surface area (Å²) in [5.41, 5.74) is -0.624. The molecule has 0 saturated carbocycles. The maximum absolute atomic E-state index is 12.0. The molecule has 0 radical (unpaired) electrons. The van der Waals surface area contributed by atoms with Gasteiger partial charge in [0, 0.05) is 13.1 Å². The minimum absolute atomic E-state index is 0.0320. The van der Waals surface area contributed by atoms with Gasteiger partial charge in [-0.1, -0.05) is 0 Å². The average molecular weight is 321 g/mol. The molecule has 0 unspecified atom stereocenters. The van der Waals surface area contributed by atoms with Gasteiger partial charge in [-0.3, -0.25) is 4.79 Å². The first-order valence-electron chi connectivity index (χ1n) is 6.60. The highest BCUT2D eigenvalue weighted by Gasteiger charge is 2.38. The second-order valence-corrected chi connectivity index (χ2v) is 5.95. The molecule has 0 N–H and O–H groups in total. The van der Waals surface area contributed by atoms with Gasteiger partial charge in [0.05, 0.1) is 13.7 Å². The van der Waals surface area contributed by atoms with E-state index in [1.807, 2.05) is 0 Å². The summed E-state index contributed by atoms with van der Waals surface area (Å²) in [6.07, 6.45) is -0.519. The zero-order chi connectivity index (χ0) is 16.2. The molecule has 0 aromatic rings. The van der Waals surface area contributed by atoms with Crippen molar-refractivity contribution >= 4 is 29.6 Å². The molecular formula is C13H21ClN2O5. The zero-order valence-electron chi connectivity index (χ0n) is 12.7. The number of amides is 2. The van der Waals surface area contributed by atoms with Crippen LogP contribution in [0.2, 0.25) is 0 Å². The van der Waals surface area contributed by atoms with Gasteiger partial charge in [-0.2, -0.15) is 0 Å². The van der Waals surface area contributed by atoms with Crippen molar-refractivity contribution in [2.45, 2.75) is 32.4 Å². The minimum Gasteiger partial charge on any atom is -0.467 e. The number of piperazine rings is 1. The fourth-order valence-corrected chi connectivity index (χ4v) is 2.14. The van der Waals surface area contributed by atoms with Crippen molar-refractivity contribution in [1.29, 1.82) is 0 Å². The molecular weight excluding hydrogens is 300 g/mol. The van der Waals surface area contributed by atoms with Crippen molar-refractivity contribution in [1.82, 2.24) is 9.80 Å². The molecule has 0 aromatic heterocycles. The van der Waals surface area contributed by atoms with Gasteiger partial charge >= 0.3 is 12.1 Å². The number of methoxy groups -OCH3 is 1. The van der Waals surface area contributed by atoms with Crippen LogP contribution in [-0.4, -0.2) is 72.0 Å². The zero-order valence-corrected chi connectivity index (χ0v) is 13.5. The summed E-state index contributed by atoms with van der Waals surface area (Å²) in [6, 6.07) is -0.859. The van der Waals surface area contributed by atoms with Crippen molar-refractivity contribution in [3.63, 3.8) is 0 Å². The summed E-state index contributed by atoms with van der Waals surface area (Å²) < 4.78 is 9.96. The SMILES string of the molecule is COC(=O)[C@@H]1CN(C(=O)OC(C)(C)C)CCN1C(=O)CCl. The van der Waals surface area contributed by atoms with E-state index in [-0.39, 0.29) is 31.4 Å². The molecule has 120 valence electrons. The van der Waals surface area contributed by atoms with Crippen molar-refractivity contribution in [3.05, 3.63) is 0 Å². The van der Waals surface area contributed by atoms with Gasteiger partial charge in [-0.25, -0.2) is 9.59 Å². The number of nitrogens with zero attached hydrogens (tertiary/aromatic N) is 2. The van der Waals surface area contributed by atoms with E-state index in [1.165, 1.54) is 16.9 Å². The molecule has 21 heavy (non-hydrogen) atoms. The first kappa shape index (κ1) is 17.6. The van der Waals surface area contributed by atoms with Gasteiger partial charge in [-0.05, 0) is 20.8 Å². The van der Waals surface area contributed by atoms with E-state index < -0.39 is 23.7 Å². The molecule has 0 spiro atoms. The largest absolute Gasteiger partial charge is 0.467 e. The lowest BCUT2D eigenvalue weighted by atomic mass is 10.1. The molecule has 1 fully saturated rings. The van der Waals surface area contributed by atoms with E-state index >= 15 is 0 Å². The standard InChI is InChI=1S/C13H21ClN2O5/c1-13(2,3)21-12(19)15-5-6-16(10(17)7-14)9(8-15)11(18)20-4/h9H,5-8H2,1-4H3/t9-/m0/s1. The van der Waals surface area contributed by atoms with E-state index in [4.69, 9.17) is 16.3 Å². The number of esters is 1. The number of carbonyl (C=O) groups is 3. The molecule has 2 amide bonds. The lowest BCUT2D eigenvalue weighted by molar-refractivity contribution is -0.155. The number of hydrogen-bond acceptors (Lipinski definition) is 5. The van der Waals surface area contributed by atoms with Crippen LogP contribution >= 0.6 is 11.6 Å². The number of hydrogen-bond donors (Lipinski definition) is 0. The highest BCUT2D eigenvalue weighted by molar-refractivity contribution is 6.27. The molecule has 1 heterocycles. The Morgan fingerprint density at radius 2 is 1.86 bits per heavy atom. The van der Waals surface area contributed by atoms with Gasteiger partial charge in [0.2, 0.25) is 5.91 Å². The lowest BCUT2D eigenvalue weighted by Crippen LogP contribution is -2.60. The maximum Gasteiger partial charge on any atom is 0.410 e. The monoisotopic (exact) mass is 320 g/mol. The van der Waals surface area contributed by atoms with Crippen LogP contribution in [-0.2, 0) is 19.1 Å². The number of ether oxygens (including phenoxy) is 2. The van der Waals surface area contributed by atoms with Crippen molar-refractivity contribution in [2.24, 2.45) is 0 Å². The van der Waals surface area contributed by atoms with E-state index in [0.29, 0.717) is 0 Å². The molecule has 0 aliphatic carbocycles. The Morgan fingerprint density at radius 3 is 2.33 bits per heavy atom. The van der Waals surface area contributed by atoms with Crippen LogP contribution in [0.4, 0.5) is 4.79 Å². The van der Waals surface area contributed by atoms with Crippen LogP contribution < -0.4 is 0 Å². The van der Waals surface area contributed by atoms with Crippen LogP contribution in [0.1, 0.15) is 20.8 Å². The van der Waals surface area contributed by atoms with E-state index in [2.05, 4.69) is 4.74 Å². The average Bonchev–Trinajstić information content (AvgIpc) is 2.43. The molecule has 0 bridgehead atoms. The second kappa shape index (κ2) is 6.98. The van der Waals surface area contributed by atoms with E-state index in [0.717, 1.165) is 0 Å². The Kier molecular flexibility index (Phi) is 5.83. The highest BCUT2D eigenvalue weighted by Crippen LogP contribution is 2.16. The number of carbonyl (C=O) groups excluding carboxylic acids is 3. The van der Waals surface area contributed by atoms with Gasteiger partial charge in [0.25, 0.3) is 0 Å². The first-order valence-corrected chi connectivity index (χ1v) is 7.14. The predicted octanol–water partition coefficient (Wildman–Crippen LogP) is 0.846. The summed E-state index contributed by atoms with van der Waals surface area (Å²) in [6.45, 7) is 5.81. The van der Waals surface area contributed by atoms with Crippen molar-refractivity contribution < 1.29 is 23.9 Å². The topological polar surface area (TPSA) is 76.2 Å². The first-order chi connectivity index (χ1) is 9.69. The summed E-state index contributed by atoms with van der Waals surface area (Å²) in [7, 11) is 1.23. The van der Waals surface area contributed by atoms with Crippen molar-refractivity contribution in [2.75, 3.05) is 32.6 Å². The molecule has 7 nitrogen and oxygen atoms in total. The highest BCUT2D eigenvalue weighted by atomic mass is 35.5. The Morgan fingerprint density at radius 1 is 1.24 bits per heavy atom. The van der Waals surface area contributed by atoms with E-state index in [1.54, 1.807) is 20.8 Å². The third-order valence-electron chi connectivity index (χ3n) is 2.94. The molecule has 1 aliphatic rings. The summed E-state index contributed by atoms with van der Waals surface area (Å²) >= 11 is 5.54. The Bertz CT molecular complexity index is 421. The van der Waals surface area contributed by atoms with E-state index in [9.17, 15) is 14.4 Å². The number of halogens is 1. The summed E-state index contributed by atoms with van der Waals surface area (Å²) in [4.78, 5) is 38.3. The third-order valence-corrected chi connectivity index (χ3v) is 3.17. The summed E-state index contributed by atoms with van der Waals surface area (Å²) in [5.74, 6) is -1.17. The van der Waals surface area contributed by atoms with Crippen LogP contribution in [0.3, 0.4) is 0 Å². The Hall–Kier alpha value is -1.50. The molecule has 8 heteroatoms. The fourth-order valence-electron chi connectivity index (χ4n) is 1.99. The second-order valence-electron chi connectivity index (χ2n) is 5.69. The smallest absolute Gasteiger partial charge is 0.410 e. The molecule has 1 aliphatic heterocycles. The quantitative estimate of drug-likeness (QED) is 0.557. The van der Waals surface area contributed by atoms with Crippen molar-refractivity contribution in [3.8, 4) is 0 Å². The van der Waals surface area contributed by atoms with Gasteiger partial charge in [0.1, 0.15) is 17.5 Å². The van der Waals surface area contributed by atoms with Crippen LogP contribution in [0.15, 0.2) is 0 Å². The summed E-state index contributed by atoms with van der Waals surface area (Å²) in [5, 5.41) is 0. The Balaban J connectivity index is 2.81. The Labute approximate surface area is 129 Å². The predicted molar refractivity (Wildman–Crippen MR) is 76.0 cm³/mol. The molecule has 0 aromatic carbocycles. The number of rotatable bonds is 2. The van der Waals surface area contributed by atoms with Crippen LogP contribution in [0, 0.1) is 0 Å². The molecule has 1 rings (SSSR count).